The van der Waals surface area contributed by atoms with Crippen molar-refractivity contribution in [2.75, 3.05) is 11.9 Å². The van der Waals surface area contributed by atoms with E-state index < -0.39 is 11.9 Å². The van der Waals surface area contributed by atoms with Gasteiger partial charge in [0, 0.05) is 16.6 Å². The first-order valence-corrected chi connectivity index (χ1v) is 9.55. The third-order valence-corrected chi connectivity index (χ3v) is 5.09. The molecule has 0 bridgehead atoms. The summed E-state index contributed by atoms with van der Waals surface area (Å²) in [6.07, 6.45) is 5.23. The molecule has 0 atom stereocenters. The smallest absolute Gasteiger partial charge is 0.310 e. The fourth-order valence-electron chi connectivity index (χ4n) is 3.63. The molecular formula is C23H20N2O4. The van der Waals surface area contributed by atoms with Crippen LogP contribution in [0, 0.1) is 11.3 Å². The van der Waals surface area contributed by atoms with E-state index in [-0.39, 0.29) is 13.0 Å². The molecule has 1 aliphatic carbocycles. The van der Waals surface area contributed by atoms with Crippen LogP contribution in [0.1, 0.15) is 28.7 Å². The van der Waals surface area contributed by atoms with Crippen LogP contribution in [0.15, 0.2) is 47.1 Å². The van der Waals surface area contributed by atoms with Crippen molar-refractivity contribution in [3.63, 3.8) is 0 Å². The van der Waals surface area contributed by atoms with E-state index in [0.29, 0.717) is 12.1 Å². The van der Waals surface area contributed by atoms with Crippen LogP contribution < -0.4 is 5.32 Å². The van der Waals surface area contributed by atoms with Gasteiger partial charge in [-0.25, -0.2) is 0 Å². The molecule has 4 rings (SSSR count). The minimum atomic E-state index is -0.479. The van der Waals surface area contributed by atoms with Gasteiger partial charge in [-0.15, -0.1) is 0 Å². The molecule has 0 saturated heterocycles. The Morgan fingerprint density at radius 2 is 1.90 bits per heavy atom. The van der Waals surface area contributed by atoms with E-state index in [0.717, 1.165) is 41.4 Å². The number of fused-ring (bicyclic) bond motifs is 2. The molecule has 0 aliphatic heterocycles. The average Bonchev–Trinajstić information content (AvgIpc) is 3.33. The molecule has 146 valence electrons. The van der Waals surface area contributed by atoms with Gasteiger partial charge in [-0.1, -0.05) is 12.1 Å². The molecule has 0 fully saturated rings. The van der Waals surface area contributed by atoms with Crippen molar-refractivity contribution in [1.29, 1.82) is 5.26 Å². The molecule has 0 radical (unpaired) electrons. The molecular weight excluding hydrogens is 368 g/mol. The van der Waals surface area contributed by atoms with Gasteiger partial charge in [-0.05, 0) is 60.2 Å². The molecule has 1 N–H and O–H groups in total. The van der Waals surface area contributed by atoms with E-state index in [2.05, 4.69) is 23.5 Å². The van der Waals surface area contributed by atoms with Crippen LogP contribution >= 0.6 is 0 Å². The van der Waals surface area contributed by atoms with E-state index in [1.807, 2.05) is 0 Å². The number of amides is 1. The van der Waals surface area contributed by atoms with Crippen molar-refractivity contribution in [2.24, 2.45) is 0 Å². The summed E-state index contributed by atoms with van der Waals surface area (Å²) in [6.45, 7) is -0.357. The number of carbonyl (C=O) groups is 2. The van der Waals surface area contributed by atoms with Crippen LogP contribution in [-0.4, -0.2) is 18.5 Å². The minimum Gasteiger partial charge on any atom is -0.464 e. The first-order valence-electron chi connectivity index (χ1n) is 9.55. The van der Waals surface area contributed by atoms with Gasteiger partial charge in [0.1, 0.15) is 5.58 Å². The summed E-state index contributed by atoms with van der Waals surface area (Å²) in [7, 11) is 0. The number of ether oxygens (including phenoxy) is 1. The van der Waals surface area contributed by atoms with Crippen LogP contribution in [0.2, 0.25) is 0 Å². The Bertz CT molecular complexity index is 1110. The van der Waals surface area contributed by atoms with E-state index in [1.165, 1.54) is 11.1 Å². The zero-order valence-electron chi connectivity index (χ0n) is 15.9. The molecule has 29 heavy (non-hydrogen) atoms. The van der Waals surface area contributed by atoms with E-state index in [1.54, 1.807) is 30.5 Å². The lowest BCUT2D eigenvalue weighted by atomic mass is 10.0. The van der Waals surface area contributed by atoms with Crippen LogP contribution in [-0.2, 0) is 40.0 Å². The Labute approximate surface area is 168 Å². The van der Waals surface area contributed by atoms with Crippen LogP contribution in [0.5, 0.6) is 0 Å². The van der Waals surface area contributed by atoms with E-state index in [4.69, 9.17) is 14.4 Å². The summed E-state index contributed by atoms with van der Waals surface area (Å²) in [5.74, 6) is -0.894. The van der Waals surface area contributed by atoms with Crippen LogP contribution in [0.25, 0.3) is 11.0 Å². The molecule has 1 aliphatic rings. The molecule has 1 aromatic heterocycles. The number of esters is 1. The second-order valence-corrected chi connectivity index (χ2v) is 7.15. The molecule has 6 nitrogen and oxygen atoms in total. The fourth-order valence-corrected chi connectivity index (χ4v) is 3.63. The summed E-state index contributed by atoms with van der Waals surface area (Å²) >= 11 is 0. The number of hydrogen-bond acceptors (Lipinski definition) is 5. The van der Waals surface area contributed by atoms with Crippen molar-refractivity contribution in [2.45, 2.75) is 32.1 Å². The predicted octanol–water partition coefficient (Wildman–Crippen LogP) is 3.71. The monoisotopic (exact) mass is 388 g/mol. The SMILES string of the molecule is N#CCc1ccc(NC(=O)COC(=O)Cc2coc3cc4c(cc23)CCC4)cc1. The number of furan rings is 1. The van der Waals surface area contributed by atoms with Crippen molar-refractivity contribution in [3.8, 4) is 6.07 Å². The topological polar surface area (TPSA) is 92.3 Å². The second-order valence-electron chi connectivity index (χ2n) is 7.15. The molecule has 0 saturated carbocycles. The Morgan fingerprint density at radius 3 is 2.66 bits per heavy atom. The first-order chi connectivity index (χ1) is 14.1. The van der Waals surface area contributed by atoms with Gasteiger partial charge in [0.25, 0.3) is 5.91 Å². The summed E-state index contributed by atoms with van der Waals surface area (Å²) in [5.41, 5.74) is 5.64. The quantitative estimate of drug-likeness (QED) is 0.650. The highest BCUT2D eigenvalue weighted by atomic mass is 16.5. The van der Waals surface area contributed by atoms with Gasteiger partial charge in [-0.2, -0.15) is 5.26 Å². The summed E-state index contributed by atoms with van der Waals surface area (Å²) in [5, 5.41) is 12.3. The highest BCUT2D eigenvalue weighted by Crippen LogP contribution is 2.30. The van der Waals surface area contributed by atoms with Crippen molar-refractivity contribution in [1.82, 2.24) is 0 Å². The molecule has 1 amide bonds. The lowest BCUT2D eigenvalue weighted by Gasteiger charge is -2.07. The Balaban J connectivity index is 1.31. The van der Waals surface area contributed by atoms with E-state index in [9.17, 15) is 9.59 Å². The maximum atomic E-state index is 12.2. The standard InChI is InChI=1S/C23H20N2O4/c24-9-8-15-4-6-19(7-5-15)25-22(26)14-29-23(27)12-18-13-28-21-11-17-3-1-2-16(17)10-20(18)21/h4-7,10-11,13H,1-3,8,12,14H2,(H,25,26). The number of nitrogens with zero attached hydrogens (tertiary/aromatic N) is 1. The van der Waals surface area contributed by atoms with Gasteiger partial charge < -0.3 is 14.5 Å². The average molecular weight is 388 g/mol. The second kappa shape index (κ2) is 8.19. The number of carbonyl (C=O) groups excluding carboxylic acids is 2. The van der Waals surface area contributed by atoms with Gasteiger partial charge in [0.2, 0.25) is 0 Å². The fraction of sp³-hybridized carbons (Fsp3) is 0.261. The Kier molecular flexibility index (Phi) is 5.30. The number of rotatable bonds is 6. The maximum Gasteiger partial charge on any atom is 0.310 e. The molecule has 0 spiro atoms. The van der Waals surface area contributed by atoms with Gasteiger partial charge in [0.15, 0.2) is 6.61 Å². The lowest BCUT2D eigenvalue weighted by Crippen LogP contribution is -2.21. The number of nitriles is 1. The van der Waals surface area contributed by atoms with Gasteiger partial charge in [0.05, 0.1) is 25.2 Å². The molecule has 3 aromatic rings. The van der Waals surface area contributed by atoms with E-state index >= 15 is 0 Å². The third-order valence-electron chi connectivity index (χ3n) is 5.09. The van der Waals surface area contributed by atoms with Crippen molar-refractivity contribution in [3.05, 3.63) is 64.9 Å². The first kappa shape index (κ1) is 18.8. The predicted molar refractivity (Wildman–Crippen MR) is 107 cm³/mol. The van der Waals surface area contributed by atoms with Crippen molar-refractivity contribution < 1.29 is 18.7 Å². The van der Waals surface area contributed by atoms with Crippen molar-refractivity contribution >= 4 is 28.5 Å². The number of nitrogens with one attached hydrogen (secondary N) is 1. The minimum absolute atomic E-state index is 0.0575. The molecule has 0 unspecified atom stereocenters. The van der Waals surface area contributed by atoms with Crippen LogP contribution in [0.4, 0.5) is 5.69 Å². The zero-order chi connectivity index (χ0) is 20.2. The van der Waals surface area contributed by atoms with Crippen LogP contribution in [0.3, 0.4) is 0 Å². The largest absolute Gasteiger partial charge is 0.464 e. The Morgan fingerprint density at radius 1 is 1.14 bits per heavy atom. The van der Waals surface area contributed by atoms with Gasteiger partial charge in [-0.3, -0.25) is 9.59 Å². The normalized spacial score (nSPS) is 12.4. The highest BCUT2D eigenvalue weighted by molar-refractivity contribution is 5.93. The zero-order valence-corrected chi connectivity index (χ0v) is 15.9. The Hall–Kier alpha value is -3.59. The lowest BCUT2D eigenvalue weighted by molar-refractivity contribution is -0.146. The summed E-state index contributed by atoms with van der Waals surface area (Å²) < 4.78 is 10.7. The molecule has 6 heteroatoms. The maximum absolute atomic E-state index is 12.2. The van der Waals surface area contributed by atoms with Gasteiger partial charge >= 0.3 is 5.97 Å². The third kappa shape index (κ3) is 4.30. The number of benzene rings is 2. The highest BCUT2D eigenvalue weighted by Gasteiger charge is 2.17. The number of aryl methyl sites for hydroxylation is 2. The molecule has 2 aromatic carbocycles. The molecule has 1 heterocycles. The number of hydrogen-bond donors (Lipinski definition) is 1. The summed E-state index contributed by atoms with van der Waals surface area (Å²) in [6, 6.07) is 13.2. The summed E-state index contributed by atoms with van der Waals surface area (Å²) in [4.78, 5) is 24.2. The number of anilines is 1.